The van der Waals surface area contributed by atoms with Crippen molar-refractivity contribution < 1.29 is 4.79 Å². The van der Waals surface area contributed by atoms with Crippen LogP contribution in [0.5, 0.6) is 0 Å². The summed E-state index contributed by atoms with van der Waals surface area (Å²) in [7, 11) is 0. The molecule has 0 aromatic heterocycles. The Balaban J connectivity index is 2.07. The molecule has 1 heteroatoms. The van der Waals surface area contributed by atoms with Crippen molar-refractivity contribution in [1.82, 2.24) is 0 Å². The summed E-state index contributed by atoms with van der Waals surface area (Å²) in [6, 6.07) is 0. The first-order chi connectivity index (χ1) is 5.29. The molecular formula is C10H16O. The van der Waals surface area contributed by atoms with Gasteiger partial charge in [-0.1, -0.05) is 19.8 Å². The highest BCUT2D eigenvalue weighted by Crippen LogP contribution is 2.62. The van der Waals surface area contributed by atoms with Gasteiger partial charge >= 0.3 is 0 Å². The van der Waals surface area contributed by atoms with Gasteiger partial charge in [-0.2, -0.15) is 0 Å². The van der Waals surface area contributed by atoms with Crippen molar-refractivity contribution in [3.05, 3.63) is 0 Å². The van der Waals surface area contributed by atoms with E-state index in [1.165, 1.54) is 32.1 Å². The third-order valence-corrected chi connectivity index (χ3v) is 3.53. The van der Waals surface area contributed by atoms with Crippen molar-refractivity contribution >= 4 is 5.78 Å². The summed E-state index contributed by atoms with van der Waals surface area (Å²) in [4.78, 5) is 11.5. The van der Waals surface area contributed by atoms with Crippen LogP contribution < -0.4 is 0 Å². The summed E-state index contributed by atoms with van der Waals surface area (Å²) in [6.07, 6.45) is 7.16. The molecule has 2 atom stereocenters. The molecule has 0 spiro atoms. The van der Waals surface area contributed by atoms with E-state index in [0.717, 1.165) is 12.3 Å². The predicted molar refractivity (Wildman–Crippen MR) is 44.3 cm³/mol. The number of fused-ring (bicyclic) bond motifs is 1. The standard InChI is InChI=1S/C10H16O/c1-2-9(11)10-6-4-3-5-8(10)7-10/h8H,2-7H2,1H3. The van der Waals surface area contributed by atoms with Crippen LogP contribution in [0.15, 0.2) is 0 Å². The number of carbonyl (C=O) groups is 1. The van der Waals surface area contributed by atoms with E-state index in [9.17, 15) is 4.79 Å². The van der Waals surface area contributed by atoms with Gasteiger partial charge in [0.2, 0.25) is 0 Å². The quantitative estimate of drug-likeness (QED) is 0.594. The van der Waals surface area contributed by atoms with Crippen LogP contribution in [0.1, 0.15) is 45.4 Å². The van der Waals surface area contributed by atoms with Gasteiger partial charge in [0.25, 0.3) is 0 Å². The van der Waals surface area contributed by atoms with Gasteiger partial charge in [-0.05, 0) is 25.2 Å². The van der Waals surface area contributed by atoms with Gasteiger partial charge in [0.15, 0.2) is 0 Å². The number of ketones is 1. The highest BCUT2D eigenvalue weighted by atomic mass is 16.1. The van der Waals surface area contributed by atoms with Crippen LogP contribution in [0, 0.1) is 11.3 Å². The molecule has 1 nitrogen and oxygen atoms in total. The van der Waals surface area contributed by atoms with E-state index in [4.69, 9.17) is 0 Å². The minimum absolute atomic E-state index is 0.215. The van der Waals surface area contributed by atoms with E-state index in [2.05, 4.69) is 0 Å². The summed E-state index contributed by atoms with van der Waals surface area (Å²) >= 11 is 0. The molecule has 0 bridgehead atoms. The topological polar surface area (TPSA) is 17.1 Å². The van der Waals surface area contributed by atoms with Crippen molar-refractivity contribution in [2.75, 3.05) is 0 Å². The largest absolute Gasteiger partial charge is 0.299 e. The minimum Gasteiger partial charge on any atom is -0.299 e. The van der Waals surface area contributed by atoms with Crippen LogP contribution in [0.3, 0.4) is 0 Å². The zero-order valence-corrected chi connectivity index (χ0v) is 7.23. The molecule has 2 aliphatic carbocycles. The summed E-state index contributed by atoms with van der Waals surface area (Å²) in [5.41, 5.74) is 0.215. The van der Waals surface area contributed by atoms with Crippen LogP contribution in [0.4, 0.5) is 0 Å². The Bertz CT molecular complexity index is 185. The normalized spacial score (nSPS) is 41.4. The summed E-state index contributed by atoms with van der Waals surface area (Å²) in [5.74, 6) is 1.34. The van der Waals surface area contributed by atoms with Crippen molar-refractivity contribution in [1.29, 1.82) is 0 Å². The number of Topliss-reactive ketones (excluding diaryl/α,β-unsaturated/α-hetero) is 1. The first kappa shape index (κ1) is 7.33. The molecule has 2 aliphatic rings. The monoisotopic (exact) mass is 152 g/mol. The Kier molecular flexibility index (Phi) is 1.55. The summed E-state index contributed by atoms with van der Waals surface area (Å²) in [5, 5.41) is 0. The predicted octanol–water partition coefficient (Wildman–Crippen LogP) is 2.55. The van der Waals surface area contributed by atoms with Crippen molar-refractivity contribution in [3.8, 4) is 0 Å². The minimum atomic E-state index is 0.215. The fraction of sp³-hybridized carbons (Fsp3) is 0.900. The van der Waals surface area contributed by atoms with Gasteiger partial charge in [-0.3, -0.25) is 4.79 Å². The van der Waals surface area contributed by atoms with Crippen LogP contribution >= 0.6 is 0 Å². The van der Waals surface area contributed by atoms with Crippen LogP contribution in [-0.4, -0.2) is 5.78 Å². The molecule has 0 aliphatic heterocycles. The van der Waals surface area contributed by atoms with Gasteiger partial charge in [0.05, 0.1) is 0 Å². The van der Waals surface area contributed by atoms with E-state index in [1.54, 1.807) is 0 Å². The molecule has 2 saturated carbocycles. The molecule has 0 heterocycles. The Hall–Kier alpha value is -0.330. The molecule has 0 N–H and O–H groups in total. The highest BCUT2D eigenvalue weighted by molar-refractivity contribution is 5.87. The van der Waals surface area contributed by atoms with Gasteiger partial charge < -0.3 is 0 Å². The molecule has 2 unspecified atom stereocenters. The maximum absolute atomic E-state index is 11.5. The molecule has 62 valence electrons. The Morgan fingerprint density at radius 2 is 2.36 bits per heavy atom. The van der Waals surface area contributed by atoms with E-state index in [1.807, 2.05) is 6.92 Å². The van der Waals surface area contributed by atoms with Gasteiger partial charge in [0, 0.05) is 11.8 Å². The lowest BCUT2D eigenvalue weighted by atomic mass is 9.84. The first-order valence-corrected chi connectivity index (χ1v) is 4.83. The molecule has 0 radical (unpaired) electrons. The van der Waals surface area contributed by atoms with Crippen LogP contribution in [0.25, 0.3) is 0 Å². The van der Waals surface area contributed by atoms with Crippen molar-refractivity contribution in [2.45, 2.75) is 45.4 Å². The lowest BCUT2D eigenvalue weighted by Gasteiger charge is -2.19. The lowest BCUT2D eigenvalue weighted by molar-refractivity contribution is -0.125. The summed E-state index contributed by atoms with van der Waals surface area (Å²) < 4.78 is 0. The first-order valence-electron chi connectivity index (χ1n) is 4.83. The number of hydrogen-bond donors (Lipinski definition) is 0. The van der Waals surface area contributed by atoms with E-state index in [0.29, 0.717) is 5.78 Å². The maximum atomic E-state index is 11.5. The molecule has 0 aromatic carbocycles. The Morgan fingerprint density at radius 1 is 1.55 bits per heavy atom. The molecule has 2 rings (SSSR count). The third kappa shape index (κ3) is 0.935. The lowest BCUT2D eigenvalue weighted by Crippen LogP contribution is -2.19. The second-order valence-electron chi connectivity index (χ2n) is 4.08. The van der Waals surface area contributed by atoms with E-state index in [-0.39, 0.29) is 5.41 Å². The molecule has 11 heavy (non-hydrogen) atoms. The van der Waals surface area contributed by atoms with Crippen LogP contribution in [0.2, 0.25) is 0 Å². The zero-order chi connectivity index (χ0) is 7.90. The zero-order valence-electron chi connectivity index (χ0n) is 7.23. The van der Waals surface area contributed by atoms with Gasteiger partial charge in [0.1, 0.15) is 5.78 Å². The summed E-state index contributed by atoms with van der Waals surface area (Å²) in [6.45, 7) is 2.00. The highest BCUT2D eigenvalue weighted by Gasteiger charge is 2.58. The molecule has 2 fully saturated rings. The maximum Gasteiger partial charge on any atom is 0.139 e. The Labute approximate surface area is 68.2 Å². The number of hydrogen-bond acceptors (Lipinski definition) is 1. The van der Waals surface area contributed by atoms with Crippen molar-refractivity contribution in [3.63, 3.8) is 0 Å². The molecular weight excluding hydrogens is 136 g/mol. The van der Waals surface area contributed by atoms with Crippen molar-refractivity contribution in [2.24, 2.45) is 11.3 Å². The fourth-order valence-electron chi connectivity index (χ4n) is 2.73. The second kappa shape index (κ2) is 2.33. The average Bonchev–Trinajstić information content (AvgIpc) is 2.78. The smallest absolute Gasteiger partial charge is 0.139 e. The Morgan fingerprint density at radius 3 is 3.00 bits per heavy atom. The van der Waals surface area contributed by atoms with E-state index >= 15 is 0 Å². The van der Waals surface area contributed by atoms with Crippen LogP contribution in [-0.2, 0) is 4.79 Å². The molecule has 0 aromatic rings. The van der Waals surface area contributed by atoms with E-state index < -0.39 is 0 Å². The fourth-order valence-corrected chi connectivity index (χ4v) is 2.73. The third-order valence-electron chi connectivity index (χ3n) is 3.53. The van der Waals surface area contributed by atoms with Gasteiger partial charge in [-0.25, -0.2) is 0 Å². The SMILES string of the molecule is CCC(=O)C12CCCCC1C2. The average molecular weight is 152 g/mol. The van der Waals surface area contributed by atoms with Gasteiger partial charge in [-0.15, -0.1) is 0 Å². The molecule has 0 saturated heterocycles. The number of rotatable bonds is 2. The second-order valence-corrected chi connectivity index (χ2v) is 4.08. The molecule has 0 amide bonds. The number of carbonyl (C=O) groups excluding carboxylic acids is 1.